The lowest BCUT2D eigenvalue weighted by Crippen LogP contribution is -2.36. The number of aryl methyl sites for hydroxylation is 1. The van der Waals surface area contributed by atoms with E-state index in [-0.39, 0.29) is 24.0 Å². The van der Waals surface area contributed by atoms with Gasteiger partial charge in [-0.15, -0.1) is 24.0 Å². The van der Waals surface area contributed by atoms with Gasteiger partial charge in [-0.25, -0.2) is 4.98 Å². The molecule has 0 aliphatic carbocycles. The summed E-state index contributed by atoms with van der Waals surface area (Å²) in [5.41, 5.74) is 3.00. The van der Waals surface area contributed by atoms with Crippen LogP contribution in [0.1, 0.15) is 11.4 Å². The average molecular weight is 425 g/mol. The average Bonchev–Trinajstić information content (AvgIpc) is 3.13. The third-order valence-corrected chi connectivity index (χ3v) is 3.43. The van der Waals surface area contributed by atoms with Gasteiger partial charge < -0.3 is 15.0 Å². The normalized spacial score (nSPS) is 11.3. The molecule has 0 spiro atoms. The fraction of sp³-hybridized carbons (Fsp3) is 0.267. The van der Waals surface area contributed by atoms with E-state index in [2.05, 4.69) is 25.7 Å². The molecule has 3 aromatic heterocycles. The zero-order chi connectivity index (χ0) is 15.4. The van der Waals surface area contributed by atoms with Crippen LogP contribution in [0, 0.1) is 0 Å². The standard InChI is InChI=1S/C15H19N7.HI/c1-16-15(18-10-13-6-7-19-21(13)2)17-9-12-11-22-8-4-3-5-14(22)20-12;/h3-8,11H,9-10H2,1-2H3,(H2,16,17,18);1H. The number of aromatic nitrogens is 4. The maximum absolute atomic E-state index is 4.55. The Hall–Kier alpha value is -2.10. The lowest BCUT2D eigenvalue weighted by Gasteiger charge is -2.10. The molecule has 0 unspecified atom stereocenters. The number of aliphatic imine (C=N–C) groups is 1. The number of pyridine rings is 1. The fourth-order valence-electron chi connectivity index (χ4n) is 2.22. The maximum Gasteiger partial charge on any atom is 0.191 e. The molecule has 0 aliphatic rings. The number of nitrogens with one attached hydrogen (secondary N) is 2. The molecule has 0 amide bonds. The Kier molecular flexibility index (Phi) is 5.97. The largest absolute Gasteiger partial charge is 0.351 e. The van der Waals surface area contributed by atoms with Crippen LogP contribution >= 0.6 is 24.0 Å². The van der Waals surface area contributed by atoms with E-state index in [1.165, 1.54) is 0 Å². The highest BCUT2D eigenvalue weighted by Crippen LogP contribution is 2.04. The van der Waals surface area contributed by atoms with Crippen molar-refractivity contribution in [3.8, 4) is 0 Å². The molecule has 0 saturated carbocycles. The van der Waals surface area contributed by atoms with E-state index in [4.69, 9.17) is 0 Å². The van der Waals surface area contributed by atoms with Crippen molar-refractivity contribution in [3.63, 3.8) is 0 Å². The van der Waals surface area contributed by atoms with Crippen molar-refractivity contribution in [2.45, 2.75) is 13.1 Å². The minimum Gasteiger partial charge on any atom is -0.351 e. The highest BCUT2D eigenvalue weighted by molar-refractivity contribution is 14.0. The molecule has 2 N–H and O–H groups in total. The molecule has 8 heteroatoms. The Labute approximate surface area is 151 Å². The van der Waals surface area contributed by atoms with Crippen LogP contribution in [0.2, 0.25) is 0 Å². The predicted octanol–water partition coefficient (Wildman–Crippen LogP) is 1.55. The summed E-state index contributed by atoms with van der Waals surface area (Å²) in [7, 11) is 3.67. The van der Waals surface area contributed by atoms with E-state index < -0.39 is 0 Å². The summed E-state index contributed by atoms with van der Waals surface area (Å²) < 4.78 is 3.84. The highest BCUT2D eigenvalue weighted by atomic mass is 127. The van der Waals surface area contributed by atoms with E-state index in [9.17, 15) is 0 Å². The molecule has 0 bridgehead atoms. The Morgan fingerprint density at radius 3 is 2.74 bits per heavy atom. The first-order chi connectivity index (χ1) is 10.8. The van der Waals surface area contributed by atoms with Gasteiger partial charge in [-0.1, -0.05) is 6.07 Å². The summed E-state index contributed by atoms with van der Waals surface area (Å²) in [5.74, 6) is 0.734. The first-order valence-electron chi connectivity index (χ1n) is 7.10. The quantitative estimate of drug-likeness (QED) is 0.378. The molecule has 23 heavy (non-hydrogen) atoms. The van der Waals surface area contributed by atoms with Crippen molar-refractivity contribution in [3.05, 3.63) is 54.2 Å². The molecule has 3 heterocycles. The molecule has 0 aliphatic heterocycles. The topological polar surface area (TPSA) is 71.5 Å². The third kappa shape index (κ3) is 4.21. The molecule has 0 aromatic carbocycles. The minimum atomic E-state index is 0. The first-order valence-corrected chi connectivity index (χ1v) is 7.10. The molecule has 3 aromatic rings. The Morgan fingerprint density at radius 1 is 1.22 bits per heavy atom. The maximum atomic E-state index is 4.55. The van der Waals surface area contributed by atoms with Gasteiger partial charge in [0, 0.05) is 32.7 Å². The molecular weight excluding hydrogens is 405 g/mol. The third-order valence-electron chi connectivity index (χ3n) is 3.43. The predicted molar refractivity (Wildman–Crippen MR) is 101 cm³/mol. The number of halogens is 1. The van der Waals surface area contributed by atoms with Gasteiger partial charge in [-0.3, -0.25) is 9.67 Å². The summed E-state index contributed by atoms with van der Waals surface area (Å²) in [5, 5.41) is 10.7. The van der Waals surface area contributed by atoms with Crippen molar-refractivity contribution in [1.29, 1.82) is 0 Å². The molecule has 7 nitrogen and oxygen atoms in total. The van der Waals surface area contributed by atoms with Crippen LogP contribution in [-0.2, 0) is 20.1 Å². The lowest BCUT2D eigenvalue weighted by molar-refractivity contribution is 0.684. The summed E-state index contributed by atoms with van der Waals surface area (Å²) in [4.78, 5) is 8.76. The number of hydrogen-bond acceptors (Lipinski definition) is 3. The smallest absolute Gasteiger partial charge is 0.191 e. The van der Waals surface area contributed by atoms with E-state index >= 15 is 0 Å². The molecular formula is C15H20IN7. The van der Waals surface area contributed by atoms with Gasteiger partial charge in [-0.05, 0) is 18.2 Å². The molecule has 0 saturated heterocycles. The van der Waals surface area contributed by atoms with Crippen LogP contribution in [-0.4, -0.2) is 32.2 Å². The minimum absolute atomic E-state index is 0. The van der Waals surface area contributed by atoms with Crippen LogP contribution in [0.5, 0.6) is 0 Å². The Morgan fingerprint density at radius 2 is 2.04 bits per heavy atom. The molecule has 0 fully saturated rings. The highest BCUT2D eigenvalue weighted by Gasteiger charge is 2.04. The summed E-state index contributed by atoms with van der Waals surface area (Å²) >= 11 is 0. The van der Waals surface area contributed by atoms with Crippen molar-refractivity contribution >= 4 is 35.6 Å². The first kappa shape index (κ1) is 17.3. The van der Waals surface area contributed by atoms with Crippen LogP contribution in [0.4, 0.5) is 0 Å². The van der Waals surface area contributed by atoms with E-state index in [0.717, 1.165) is 23.0 Å². The fourth-order valence-corrected chi connectivity index (χ4v) is 2.22. The van der Waals surface area contributed by atoms with Crippen molar-refractivity contribution < 1.29 is 0 Å². The van der Waals surface area contributed by atoms with Crippen LogP contribution in [0.15, 0.2) is 47.8 Å². The summed E-state index contributed by atoms with van der Waals surface area (Å²) in [6.45, 7) is 1.29. The Bertz CT molecular complexity index is 757. The molecule has 3 rings (SSSR count). The monoisotopic (exact) mass is 425 g/mol. The van der Waals surface area contributed by atoms with Crippen LogP contribution in [0.3, 0.4) is 0 Å². The van der Waals surface area contributed by atoms with Gasteiger partial charge in [0.1, 0.15) is 5.65 Å². The zero-order valence-electron chi connectivity index (χ0n) is 13.1. The van der Waals surface area contributed by atoms with Crippen LogP contribution < -0.4 is 10.6 Å². The number of hydrogen-bond donors (Lipinski definition) is 2. The van der Waals surface area contributed by atoms with Crippen molar-refractivity contribution in [2.75, 3.05) is 7.05 Å². The van der Waals surface area contributed by atoms with Crippen LogP contribution in [0.25, 0.3) is 5.65 Å². The van der Waals surface area contributed by atoms with Gasteiger partial charge >= 0.3 is 0 Å². The second kappa shape index (κ2) is 7.95. The number of imidazole rings is 1. The van der Waals surface area contributed by atoms with Gasteiger partial charge in [0.25, 0.3) is 0 Å². The molecule has 0 radical (unpaired) electrons. The number of guanidine groups is 1. The van der Waals surface area contributed by atoms with Gasteiger partial charge in [0.15, 0.2) is 5.96 Å². The van der Waals surface area contributed by atoms with Crippen molar-refractivity contribution in [1.82, 2.24) is 29.8 Å². The zero-order valence-corrected chi connectivity index (χ0v) is 15.4. The lowest BCUT2D eigenvalue weighted by atomic mass is 10.4. The van der Waals surface area contributed by atoms with Gasteiger partial charge in [-0.2, -0.15) is 5.10 Å². The summed E-state index contributed by atoms with van der Waals surface area (Å²) in [6, 6.07) is 7.93. The molecule has 0 atom stereocenters. The van der Waals surface area contributed by atoms with Gasteiger partial charge in [0.05, 0.1) is 24.5 Å². The van der Waals surface area contributed by atoms with E-state index in [1.807, 2.05) is 52.8 Å². The number of fused-ring (bicyclic) bond motifs is 1. The van der Waals surface area contributed by atoms with E-state index in [0.29, 0.717) is 13.1 Å². The second-order valence-corrected chi connectivity index (χ2v) is 4.92. The second-order valence-electron chi connectivity index (χ2n) is 4.92. The summed E-state index contributed by atoms with van der Waals surface area (Å²) in [6.07, 6.45) is 5.78. The number of nitrogens with zero attached hydrogens (tertiary/aromatic N) is 5. The molecule has 122 valence electrons. The van der Waals surface area contributed by atoms with Crippen molar-refractivity contribution in [2.24, 2.45) is 12.0 Å². The number of rotatable bonds is 4. The SMILES string of the molecule is CN=C(NCc1cn2ccccc2n1)NCc1ccnn1C.I. The Balaban J connectivity index is 0.00000192. The van der Waals surface area contributed by atoms with Gasteiger partial charge in [0.2, 0.25) is 0 Å². The van der Waals surface area contributed by atoms with E-state index in [1.54, 1.807) is 13.2 Å².